The highest BCUT2D eigenvalue weighted by Crippen LogP contribution is 2.41. The van der Waals surface area contributed by atoms with Crippen LogP contribution in [0.3, 0.4) is 0 Å². The second-order valence-electron chi connectivity index (χ2n) is 11.7. The van der Waals surface area contributed by atoms with E-state index in [4.69, 9.17) is 9.72 Å². The Morgan fingerprint density at radius 2 is 1.92 bits per heavy atom. The van der Waals surface area contributed by atoms with Crippen molar-refractivity contribution in [2.75, 3.05) is 30.3 Å². The number of nitriles is 1. The summed E-state index contributed by atoms with van der Waals surface area (Å²) in [6, 6.07) is 9.39. The molecule has 2 atom stereocenters. The normalized spacial score (nSPS) is 20.3. The predicted molar refractivity (Wildman–Crippen MR) is 143 cm³/mol. The zero-order valence-electron chi connectivity index (χ0n) is 21.6. The van der Waals surface area contributed by atoms with E-state index in [-0.39, 0.29) is 6.61 Å². The molecule has 190 valence electrons. The Labute approximate surface area is 217 Å². The van der Waals surface area contributed by atoms with Gasteiger partial charge in [-0.25, -0.2) is 13.8 Å². The summed E-state index contributed by atoms with van der Waals surface area (Å²) in [6.07, 6.45) is 6.42. The Balaban J connectivity index is 1.36. The van der Waals surface area contributed by atoms with E-state index < -0.39 is 5.60 Å². The minimum absolute atomic E-state index is 0.143. The third-order valence-corrected chi connectivity index (χ3v) is 8.34. The standard InChI is InChI=1S/C27H34N6O2S/c1-26(2,3)17-36-33-20-8-21(33)14-31(13-20)24-7-6-18(11-29-24)23-9-22(35-16-27(4,5)34)15-32-25(23)19(10-28)12-30-32/h6-7,9,11-12,15,20-21,34H,8,13-14,16-17H2,1-5H3. The van der Waals surface area contributed by atoms with Gasteiger partial charge in [-0.2, -0.15) is 10.4 Å². The first-order chi connectivity index (χ1) is 17.0. The number of rotatable bonds is 7. The summed E-state index contributed by atoms with van der Waals surface area (Å²) in [5.41, 5.74) is 2.28. The molecular weight excluding hydrogens is 472 g/mol. The van der Waals surface area contributed by atoms with Crippen LogP contribution in [0.25, 0.3) is 16.6 Å². The fraction of sp³-hybridized carbons (Fsp3) is 0.519. The lowest BCUT2D eigenvalue weighted by molar-refractivity contribution is 0.0283. The van der Waals surface area contributed by atoms with Crippen LogP contribution >= 0.6 is 11.9 Å². The third kappa shape index (κ3) is 5.17. The van der Waals surface area contributed by atoms with Gasteiger partial charge in [0.15, 0.2) is 0 Å². The number of hydrogen-bond donors (Lipinski definition) is 1. The fourth-order valence-electron chi connectivity index (χ4n) is 4.71. The van der Waals surface area contributed by atoms with Crippen molar-refractivity contribution < 1.29 is 9.84 Å². The number of aromatic nitrogens is 3. The maximum absolute atomic E-state index is 10.1. The molecule has 3 fully saturated rings. The fourth-order valence-corrected chi connectivity index (χ4v) is 5.98. The van der Waals surface area contributed by atoms with Gasteiger partial charge in [0.1, 0.15) is 24.2 Å². The second kappa shape index (κ2) is 9.25. The largest absolute Gasteiger partial charge is 0.489 e. The lowest BCUT2D eigenvalue weighted by Crippen LogP contribution is -2.66. The maximum Gasteiger partial charge on any atom is 0.138 e. The summed E-state index contributed by atoms with van der Waals surface area (Å²) in [6.45, 7) is 12.4. The summed E-state index contributed by atoms with van der Waals surface area (Å²) >= 11 is 2.00. The Kier molecular flexibility index (Phi) is 6.39. The van der Waals surface area contributed by atoms with Gasteiger partial charge in [-0.05, 0) is 43.9 Å². The third-order valence-electron chi connectivity index (χ3n) is 6.45. The van der Waals surface area contributed by atoms with Gasteiger partial charge < -0.3 is 14.7 Å². The Morgan fingerprint density at radius 3 is 2.53 bits per heavy atom. The summed E-state index contributed by atoms with van der Waals surface area (Å²) in [5.74, 6) is 2.69. The molecule has 0 saturated carbocycles. The van der Waals surface area contributed by atoms with E-state index in [2.05, 4.69) is 53.3 Å². The first kappa shape index (κ1) is 24.9. The van der Waals surface area contributed by atoms with Crippen LogP contribution in [0.4, 0.5) is 5.82 Å². The molecule has 6 rings (SSSR count). The van der Waals surface area contributed by atoms with E-state index in [1.165, 1.54) is 6.42 Å². The van der Waals surface area contributed by atoms with Gasteiger partial charge in [0.05, 0.1) is 29.1 Å². The SMILES string of the molecule is CC(C)(C)CSN1C2CC1CN(c1ccc(-c3cc(OCC(C)(C)O)cn4ncc(C#N)c34)cn1)C2. The minimum atomic E-state index is -0.962. The Bertz CT molecular complexity index is 1270. The molecule has 0 aliphatic carbocycles. The molecule has 6 heterocycles. The summed E-state index contributed by atoms with van der Waals surface area (Å²) in [5, 5.41) is 24.0. The summed E-state index contributed by atoms with van der Waals surface area (Å²) < 4.78 is 10.1. The van der Waals surface area contributed by atoms with Crippen molar-refractivity contribution in [3.8, 4) is 22.9 Å². The molecule has 3 aliphatic rings. The number of fused-ring (bicyclic) bond motifs is 3. The first-order valence-electron chi connectivity index (χ1n) is 12.4. The number of piperazine rings is 1. The molecular formula is C27H34N6O2S. The molecule has 0 amide bonds. The zero-order valence-corrected chi connectivity index (χ0v) is 22.4. The van der Waals surface area contributed by atoms with Gasteiger partial charge >= 0.3 is 0 Å². The number of anilines is 1. The van der Waals surface area contributed by atoms with Gasteiger partial charge in [0, 0.05) is 48.2 Å². The van der Waals surface area contributed by atoms with Crippen molar-refractivity contribution >= 4 is 23.3 Å². The zero-order chi connectivity index (χ0) is 25.7. The van der Waals surface area contributed by atoms with E-state index in [1.807, 2.05) is 24.2 Å². The van der Waals surface area contributed by atoms with Gasteiger partial charge in [-0.1, -0.05) is 32.7 Å². The number of hydrogen-bond acceptors (Lipinski definition) is 8. The highest BCUT2D eigenvalue weighted by Gasteiger charge is 2.45. The van der Waals surface area contributed by atoms with Crippen molar-refractivity contribution in [2.45, 2.75) is 58.7 Å². The number of ether oxygens (including phenoxy) is 1. The molecule has 3 aromatic rings. The van der Waals surface area contributed by atoms with Crippen LogP contribution < -0.4 is 9.64 Å². The van der Waals surface area contributed by atoms with Crippen LogP contribution in [0.1, 0.15) is 46.6 Å². The molecule has 2 unspecified atom stereocenters. The first-order valence-corrected chi connectivity index (χ1v) is 13.3. The van der Waals surface area contributed by atoms with Crippen LogP contribution in [-0.2, 0) is 0 Å². The van der Waals surface area contributed by atoms with Crippen molar-refractivity contribution in [1.82, 2.24) is 18.9 Å². The molecule has 1 N–H and O–H groups in total. The van der Waals surface area contributed by atoms with E-state index in [0.29, 0.717) is 34.3 Å². The molecule has 0 aromatic carbocycles. The molecule has 0 spiro atoms. The van der Waals surface area contributed by atoms with Gasteiger partial charge in [0.2, 0.25) is 0 Å². The monoisotopic (exact) mass is 506 g/mol. The predicted octanol–water partition coefficient (Wildman–Crippen LogP) is 4.37. The van der Waals surface area contributed by atoms with Crippen molar-refractivity contribution in [3.63, 3.8) is 0 Å². The summed E-state index contributed by atoms with van der Waals surface area (Å²) in [7, 11) is 0. The molecule has 8 nitrogen and oxygen atoms in total. The average molecular weight is 507 g/mol. The van der Waals surface area contributed by atoms with Gasteiger partial charge in [0.25, 0.3) is 0 Å². The number of aliphatic hydroxyl groups is 1. The molecule has 36 heavy (non-hydrogen) atoms. The molecule has 3 saturated heterocycles. The molecule has 3 aliphatic heterocycles. The van der Waals surface area contributed by atoms with E-state index >= 15 is 0 Å². The average Bonchev–Trinajstić information content (AvgIpc) is 3.24. The second-order valence-corrected chi connectivity index (χ2v) is 12.7. The number of nitrogens with zero attached hydrogens (tertiary/aromatic N) is 6. The topological polar surface area (TPSA) is 89.9 Å². The van der Waals surface area contributed by atoms with Crippen LogP contribution in [0.15, 0.2) is 36.8 Å². The minimum Gasteiger partial charge on any atom is -0.489 e. The van der Waals surface area contributed by atoms with Crippen molar-refractivity contribution in [3.05, 3.63) is 42.4 Å². The Morgan fingerprint density at radius 1 is 1.17 bits per heavy atom. The van der Waals surface area contributed by atoms with Crippen LogP contribution in [0, 0.1) is 16.7 Å². The number of pyridine rings is 2. The van der Waals surface area contributed by atoms with Crippen molar-refractivity contribution in [2.24, 2.45) is 5.41 Å². The van der Waals surface area contributed by atoms with Gasteiger partial charge in [-0.3, -0.25) is 0 Å². The van der Waals surface area contributed by atoms with Gasteiger partial charge in [-0.15, -0.1) is 0 Å². The smallest absolute Gasteiger partial charge is 0.138 e. The van der Waals surface area contributed by atoms with Crippen LogP contribution in [0.5, 0.6) is 5.75 Å². The highest BCUT2D eigenvalue weighted by atomic mass is 32.2. The lowest BCUT2D eigenvalue weighted by atomic mass is 9.91. The maximum atomic E-state index is 10.1. The van der Waals surface area contributed by atoms with E-state index in [9.17, 15) is 10.4 Å². The molecule has 2 bridgehead atoms. The van der Waals surface area contributed by atoms with E-state index in [0.717, 1.165) is 35.8 Å². The Hall–Kier alpha value is -2.80. The highest BCUT2D eigenvalue weighted by molar-refractivity contribution is 7.97. The van der Waals surface area contributed by atoms with Crippen LogP contribution in [-0.4, -0.2) is 67.1 Å². The van der Waals surface area contributed by atoms with Crippen LogP contribution in [0.2, 0.25) is 0 Å². The summed E-state index contributed by atoms with van der Waals surface area (Å²) in [4.78, 5) is 7.20. The van der Waals surface area contributed by atoms with E-state index in [1.54, 1.807) is 30.8 Å². The molecule has 9 heteroatoms. The molecule has 0 radical (unpaired) electrons. The molecule has 3 aromatic heterocycles. The number of piperidine rings is 1. The lowest BCUT2D eigenvalue weighted by Gasteiger charge is -2.56. The quantitative estimate of drug-likeness (QED) is 0.473. The van der Waals surface area contributed by atoms with Crippen molar-refractivity contribution in [1.29, 1.82) is 5.26 Å².